The molecule has 0 bridgehead atoms. The Balaban J connectivity index is 1.32. The van der Waals surface area contributed by atoms with E-state index in [0.717, 1.165) is 69.0 Å². The second kappa shape index (κ2) is 7.08. The summed E-state index contributed by atoms with van der Waals surface area (Å²) in [6.07, 6.45) is 6.01. The van der Waals surface area contributed by atoms with Crippen LogP contribution in [0.2, 0.25) is 0 Å². The van der Waals surface area contributed by atoms with Crippen molar-refractivity contribution < 1.29 is 9.53 Å². The minimum Gasteiger partial charge on any atom is -0.378 e. The Hall–Kier alpha value is -2.21. The second-order valence-corrected chi connectivity index (χ2v) is 8.01. The highest BCUT2D eigenvalue weighted by atomic mass is 16.5. The van der Waals surface area contributed by atoms with Gasteiger partial charge in [-0.1, -0.05) is 30.3 Å². The first-order valence-electron chi connectivity index (χ1n) is 10.2. The lowest BCUT2D eigenvalue weighted by atomic mass is 9.93. The molecule has 0 radical (unpaired) electrons. The van der Waals surface area contributed by atoms with Crippen LogP contribution in [0.4, 0.5) is 0 Å². The number of likely N-dealkylation sites (tertiary alicyclic amines) is 1. The van der Waals surface area contributed by atoms with Crippen LogP contribution in [0.15, 0.2) is 30.3 Å². The number of ether oxygens (including phenoxy) is 1. The lowest BCUT2D eigenvalue weighted by Crippen LogP contribution is -2.30. The molecule has 0 N–H and O–H groups in total. The maximum Gasteiger partial charge on any atom is 0.222 e. The van der Waals surface area contributed by atoms with E-state index >= 15 is 0 Å². The van der Waals surface area contributed by atoms with Gasteiger partial charge in [0.05, 0.1) is 12.1 Å². The van der Waals surface area contributed by atoms with E-state index in [1.165, 1.54) is 0 Å². The highest BCUT2D eigenvalue weighted by molar-refractivity contribution is 5.76. The Morgan fingerprint density at radius 1 is 1.15 bits per heavy atom. The molecule has 1 aromatic carbocycles. The third-order valence-corrected chi connectivity index (χ3v) is 6.33. The molecule has 2 fully saturated rings. The van der Waals surface area contributed by atoms with Gasteiger partial charge in [0.2, 0.25) is 5.91 Å². The van der Waals surface area contributed by atoms with Gasteiger partial charge in [0.1, 0.15) is 5.82 Å². The number of aromatic nitrogens is 3. The van der Waals surface area contributed by atoms with Crippen molar-refractivity contribution in [1.29, 1.82) is 0 Å². The highest BCUT2D eigenvalue weighted by Crippen LogP contribution is 2.39. The molecule has 3 aliphatic heterocycles. The fourth-order valence-corrected chi connectivity index (χ4v) is 4.89. The number of carbonyl (C=O) groups is 1. The van der Waals surface area contributed by atoms with Crippen LogP contribution in [-0.4, -0.2) is 51.4 Å². The van der Waals surface area contributed by atoms with Gasteiger partial charge < -0.3 is 14.2 Å². The Labute approximate surface area is 159 Å². The van der Waals surface area contributed by atoms with Crippen LogP contribution in [0.25, 0.3) is 11.4 Å². The van der Waals surface area contributed by atoms with Gasteiger partial charge in [-0.15, -0.1) is 10.2 Å². The number of amides is 1. The van der Waals surface area contributed by atoms with Gasteiger partial charge in [0.15, 0.2) is 5.82 Å². The summed E-state index contributed by atoms with van der Waals surface area (Å²) in [5, 5.41) is 8.92. The Morgan fingerprint density at radius 3 is 2.85 bits per heavy atom. The molecule has 6 heteroatoms. The molecule has 6 nitrogen and oxygen atoms in total. The average Bonchev–Trinajstić information content (AvgIpc) is 3.45. The van der Waals surface area contributed by atoms with Crippen molar-refractivity contribution in [3.63, 3.8) is 0 Å². The Kier molecular flexibility index (Phi) is 4.44. The molecule has 5 rings (SSSR count). The van der Waals surface area contributed by atoms with Crippen molar-refractivity contribution in [2.24, 2.45) is 5.92 Å². The number of aryl methyl sites for hydroxylation is 1. The number of rotatable bonds is 4. The fourth-order valence-electron chi connectivity index (χ4n) is 4.89. The Morgan fingerprint density at radius 2 is 2.04 bits per heavy atom. The smallest absolute Gasteiger partial charge is 0.222 e. The van der Waals surface area contributed by atoms with Gasteiger partial charge in [-0.05, 0) is 31.6 Å². The largest absolute Gasteiger partial charge is 0.378 e. The minimum atomic E-state index is 0.274. The molecule has 3 atom stereocenters. The summed E-state index contributed by atoms with van der Waals surface area (Å²) >= 11 is 0. The molecular weight excluding hydrogens is 340 g/mol. The second-order valence-electron chi connectivity index (χ2n) is 8.01. The number of nitrogens with zero attached hydrogens (tertiary/aromatic N) is 4. The predicted molar refractivity (Wildman–Crippen MR) is 101 cm³/mol. The van der Waals surface area contributed by atoms with Crippen LogP contribution in [-0.2, 0) is 16.0 Å². The molecule has 0 saturated carbocycles. The number of fused-ring (bicyclic) bond motifs is 3. The van der Waals surface area contributed by atoms with Crippen molar-refractivity contribution in [3.05, 3.63) is 36.2 Å². The average molecular weight is 366 g/mol. The summed E-state index contributed by atoms with van der Waals surface area (Å²) < 4.78 is 7.97. The lowest BCUT2D eigenvalue weighted by molar-refractivity contribution is -0.131. The molecule has 1 unspecified atom stereocenters. The monoisotopic (exact) mass is 366 g/mol. The van der Waals surface area contributed by atoms with Gasteiger partial charge in [0.25, 0.3) is 0 Å². The van der Waals surface area contributed by atoms with E-state index < -0.39 is 0 Å². The maximum atomic E-state index is 12.8. The van der Waals surface area contributed by atoms with Crippen molar-refractivity contribution in [2.75, 3.05) is 19.7 Å². The third-order valence-electron chi connectivity index (χ3n) is 6.33. The molecule has 0 spiro atoms. The van der Waals surface area contributed by atoms with Crippen LogP contribution in [0.5, 0.6) is 0 Å². The SMILES string of the molecule is O=C(CCC1CCCO1)N1C[C@H]2CCc3nnc(-c4ccccc4)n3[C@H]2C1. The standard InChI is InChI=1S/C21H26N4O2/c26-20(11-9-17-7-4-12-27-17)24-13-16-8-10-19-22-23-21(25(19)18(16)14-24)15-5-2-1-3-6-15/h1-3,5-6,16-18H,4,7-14H2/t16-,17?,18+/m1/s1. The van der Waals surface area contributed by atoms with E-state index in [1.54, 1.807) is 0 Å². The summed E-state index contributed by atoms with van der Waals surface area (Å²) in [6, 6.07) is 10.6. The zero-order valence-corrected chi connectivity index (χ0v) is 15.6. The molecular formula is C21H26N4O2. The summed E-state index contributed by atoms with van der Waals surface area (Å²) in [6.45, 7) is 2.49. The van der Waals surface area contributed by atoms with Gasteiger partial charge in [0, 0.05) is 38.1 Å². The highest BCUT2D eigenvalue weighted by Gasteiger charge is 2.41. The van der Waals surface area contributed by atoms with Crippen LogP contribution < -0.4 is 0 Å². The zero-order chi connectivity index (χ0) is 18.2. The van der Waals surface area contributed by atoms with Crippen molar-refractivity contribution in [3.8, 4) is 11.4 Å². The molecule has 1 aromatic heterocycles. The predicted octanol–water partition coefficient (Wildman–Crippen LogP) is 2.85. The third kappa shape index (κ3) is 3.16. The topological polar surface area (TPSA) is 60.2 Å². The molecule has 4 heterocycles. The first-order chi connectivity index (χ1) is 13.3. The van der Waals surface area contributed by atoms with Crippen molar-refractivity contribution in [2.45, 2.75) is 50.7 Å². The Bertz CT molecular complexity index is 813. The van der Waals surface area contributed by atoms with E-state index in [9.17, 15) is 4.79 Å². The summed E-state index contributed by atoms with van der Waals surface area (Å²) in [5.74, 6) is 2.77. The molecule has 1 amide bonds. The van der Waals surface area contributed by atoms with E-state index in [1.807, 2.05) is 18.2 Å². The molecule has 2 aromatic rings. The van der Waals surface area contributed by atoms with E-state index in [2.05, 4.69) is 31.8 Å². The number of carbonyl (C=O) groups excluding carboxylic acids is 1. The maximum absolute atomic E-state index is 12.8. The first-order valence-corrected chi connectivity index (χ1v) is 10.2. The summed E-state index contributed by atoms with van der Waals surface area (Å²) in [7, 11) is 0. The normalized spacial score (nSPS) is 26.8. The quantitative estimate of drug-likeness (QED) is 0.835. The van der Waals surface area contributed by atoms with E-state index in [-0.39, 0.29) is 12.0 Å². The van der Waals surface area contributed by atoms with E-state index in [0.29, 0.717) is 18.4 Å². The van der Waals surface area contributed by atoms with Crippen molar-refractivity contribution in [1.82, 2.24) is 19.7 Å². The fraction of sp³-hybridized carbons (Fsp3) is 0.571. The lowest BCUT2D eigenvalue weighted by Gasteiger charge is -2.27. The first kappa shape index (κ1) is 16.9. The van der Waals surface area contributed by atoms with Gasteiger partial charge in [-0.3, -0.25) is 4.79 Å². The molecule has 2 saturated heterocycles. The molecule has 142 valence electrons. The van der Waals surface area contributed by atoms with Crippen LogP contribution in [0, 0.1) is 5.92 Å². The van der Waals surface area contributed by atoms with Crippen LogP contribution >= 0.6 is 0 Å². The zero-order valence-electron chi connectivity index (χ0n) is 15.6. The van der Waals surface area contributed by atoms with Crippen molar-refractivity contribution >= 4 is 5.91 Å². The van der Waals surface area contributed by atoms with Crippen LogP contribution in [0.3, 0.4) is 0 Å². The summed E-state index contributed by atoms with van der Waals surface area (Å²) in [5.41, 5.74) is 1.10. The molecule has 0 aliphatic carbocycles. The molecule has 27 heavy (non-hydrogen) atoms. The van der Waals surface area contributed by atoms with Crippen LogP contribution in [0.1, 0.15) is 44.0 Å². The summed E-state index contributed by atoms with van der Waals surface area (Å²) in [4.78, 5) is 14.8. The number of benzene rings is 1. The van der Waals surface area contributed by atoms with Gasteiger partial charge in [-0.25, -0.2) is 0 Å². The number of hydrogen-bond acceptors (Lipinski definition) is 4. The van der Waals surface area contributed by atoms with Gasteiger partial charge in [-0.2, -0.15) is 0 Å². The minimum absolute atomic E-state index is 0.274. The number of hydrogen-bond donors (Lipinski definition) is 0. The van der Waals surface area contributed by atoms with E-state index in [4.69, 9.17) is 4.74 Å². The van der Waals surface area contributed by atoms with Gasteiger partial charge >= 0.3 is 0 Å². The molecule has 3 aliphatic rings.